The predicted molar refractivity (Wildman–Crippen MR) is 89.3 cm³/mol. The first-order chi connectivity index (χ1) is 11.2. The molecule has 4 rings (SSSR count). The molecule has 0 aromatic heterocycles. The summed E-state index contributed by atoms with van der Waals surface area (Å²) in [6.07, 6.45) is 4.80. The van der Waals surface area contributed by atoms with E-state index in [9.17, 15) is 4.79 Å². The third kappa shape index (κ3) is 3.54. The van der Waals surface area contributed by atoms with Gasteiger partial charge in [0.05, 0.1) is 12.2 Å². The molecule has 3 atom stereocenters. The Labute approximate surface area is 142 Å². The molecule has 3 fully saturated rings. The number of carbonyl (C=O) groups excluding carboxylic acids is 1. The Balaban J connectivity index is 1.23. The van der Waals surface area contributed by atoms with E-state index < -0.39 is 0 Å². The van der Waals surface area contributed by atoms with Gasteiger partial charge in [-0.05, 0) is 43.4 Å². The Bertz CT molecular complexity index is 590. The summed E-state index contributed by atoms with van der Waals surface area (Å²) in [5, 5.41) is 3.84. The predicted octanol–water partition coefficient (Wildman–Crippen LogP) is 2.60. The second kappa shape index (κ2) is 6.42. The number of fused-ring (bicyclic) bond motifs is 1. The van der Waals surface area contributed by atoms with Crippen LogP contribution in [0, 0.1) is 5.92 Å². The maximum Gasteiger partial charge on any atom is 0.223 e. The molecule has 124 valence electrons. The van der Waals surface area contributed by atoms with Gasteiger partial charge in [0.1, 0.15) is 0 Å². The summed E-state index contributed by atoms with van der Waals surface area (Å²) in [5.74, 6) is 0.496. The number of amides is 1. The van der Waals surface area contributed by atoms with Crippen molar-refractivity contribution in [3.05, 3.63) is 34.9 Å². The molecule has 0 unspecified atom stereocenters. The van der Waals surface area contributed by atoms with E-state index in [1.165, 1.54) is 5.56 Å². The SMILES string of the molecule is O=C(NC[C@@H]1CC[C@H]2[C@H](CN2Cc2cccc(Cl)c2)O1)C1CC1. The number of nitrogens with zero attached hydrogens (tertiary/aromatic N) is 1. The van der Waals surface area contributed by atoms with Crippen molar-refractivity contribution in [3.63, 3.8) is 0 Å². The van der Waals surface area contributed by atoms with E-state index in [1.807, 2.05) is 18.2 Å². The number of ether oxygens (including phenoxy) is 1. The fraction of sp³-hybridized carbons (Fsp3) is 0.611. The second-order valence-electron chi connectivity index (χ2n) is 7.02. The highest BCUT2D eigenvalue weighted by atomic mass is 35.5. The van der Waals surface area contributed by atoms with Gasteiger partial charge in [-0.1, -0.05) is 23.7 Å². The molecule has 23 heavy (non-hydrogen) atoms. The van der Waals surface area contributed by atoms with E-state index in [2.05, 4.69) is 16.3 Å². The van der Waals surface area contributed by atoms with Gasteiger partial charge in [-0.15, -0.1) is 0 Å². The minimum atomic E-state index is 0.187. The number of rotatable bonds is 5. The van der Waals surface area contributed by atoms with E-state index in [-0.39, 0.29) is 17.9 Å². The molecule has 2 heterocycles. The minimum absolute atomic E-state index is 0.187. The van der Waals surface area contributed by atoms with Crippen molar-refractivity contribution in [2.45, 2.75) is 50.5 Å². The quantitative estimate of drug-likeness (QED) is 0.900. The average Bonchev–Trinajstić information content (AvgIpc) is 3.35. The molecule has 1 saturated carbocycles. The van der Waals surface area contributed by atoms with Gasteiger partial charge in [0.2, 0.25) is 5.91 Å². The maximum absolute atomic E-state index is 11.7. The van der Waals surface area contributed by atoms with Crippen LogP contribution >= 0.6 is 11.6 Å². The van der Waals surface area contributed by atoms with Crippen molar-refractivity contribution in [1.29, 1.82) is 0 Å². The fourth-order valence-electron chi connectivity index (χ4n) is 3.67. The van der Waals surface area contributed by atoms with Gasteiger partial charge in [0.15, 0.2) is 0 Å². The summed E-state index contributed by atoms with van der Waals surface area (Å²) in [5.41, 5.74) is 1.26. The Hall–Kier alpha value is -1.10. The standard InChI is InChI=1S/C18H23ClN2O2/c19-14-3-1-2-12(8-14)10-21-11-17-16(21)7-6-15(23-17)9-20-18(22)13-4-5-13/h1-3,8,13,15-17H,4-7,9-11H2,(H,20,22)/t15-,16-,17-/m0/s1. The molecule has 0 spiro atoms. The zero-order valence-electron chi connectivity index (χ0n) is 13.2. The van der Waals surface area contributed by atoms with Gasteiger partial charge in [0.25, 0.3) is 0 Å². The van der Waals surface area contributed by atoms with E-state index >= 15 is 0 Å². The summed E-state index contributed by atoms with van der Waals surface area (Å²) < 4.78 is 6.15. The van der Waals surface area contributed by atoms with Crippen LogP contribution in [0.5, 0.6) is 0 Å². The summed E-state index contributed by atoms with van der Waals surface area (Å²) in [6, 6.07) is 8.59. The van der Waals surface area contributed by atoms with Crippen molar-refractivity contribution in [1.82, 2.24) is 10.2 Å². The molecule has 1 N–H and O–H groups in total. The lowest BCUT2D eigenvalue weighted by molar-refractivity contribution is -0.169. The van der Waals surface area contributed by atoms with Crippen LogP contribution in [0.2, 0.25) is 5.02 Å². The molecule has 0 radical (unpaired) electrons. The Morgan fingerprint density at radius 2 is 2.17 bits per heavy atom. The summed E-state index contributed by atoms with van der Waals surface area (Å²) in [6.45, 7) is 2.59. The van der Waals surface area contributed by atoms with Crippen LogP contribution in [-0.4, -0.2) is 42.1 Å². The highest BCUT2D eigenvalue weighted by Gasteiger charge is 2.44. The van der Waals surface area contributed by atoms with Crippen LogP contribution < -0.4 is 5.32 Å². The van der Waals surface area contributed by atoms with Crippen LogP contribution in [-0.2, 0) is 16.1 Å². The molecule has 2 aliphatic heterocycles. The van der Waals surface area contributed by atoms with Crippen LogP contribution in [0.3, 0.4) is 0 Å². The van der Waals surface area contributed by atoms with Crippen LogP contribution in [0.1, 0.15) is 31.2 Å². The molecule has 5 heteroatoms. The van der Waals surface area contributed by atoms with Crippen LogP contribution in [0.4, 0.5) is 0 Å². The van der Waals surface area contributed by atoms with Crippen LogP contribution in [0.25, 0.3) is 0 Å². The van der Waals surface area contributed by atoms with Crippen molar-refractivity contribution < 1.29 is 9.53 Å². The lowest BCUT2D eigenvalue weighted by Crippen LogP contribution is -2.64. The first kappa shape index (κ1) is 15.4. The number of halogens is 1. The van der Waals surface area contributed by atoms with Gasteiger partial charge < -0.3 is 10.1 Å². The zero-order chi connectivity index (χ0) is 15.8. The molecular weight excluding hydrogens is 312 g/mol. The number of likely N-dealkylation sites (tertiary alicyclic amines) is 1. The van der Waals surface area contributed by atoms with Crippen LogP contribution in [0.15, 0.2) is 24.3 Å². The Morgan fingerprint density at radius 3 is 2.91 bits per heavy atom. The third-order valence-electron chi connectivity index (χ3n) is 5.19. The third-order valence-corrected chi connectivity index (χ3v) is 5.43. The highest BCUT2D eigenvalue weighted by Crippen LogP contribution is 2.34. The van der Waals surface area contributed by atoms with E-state index in [1.54, 1.807) is 0 Å². The number of hydrogen-bond donors (Lipinski definition) is 1. The number of nitrogens with one attached hydrogen (secondary N) is 1. The molecule has 2 saturated heterocycles. The van der Waals surface area contributed by atoms with Crippen molar-refractivity contribution in [2.75, 3.05) is 13.1 Å². The van der Waals surface area contributed by atoms with Crippen molar-refractivity contribution in [2.24, 2.45) is 5.92 Å². The van der Waals surface area contributed by atoms with E-state index in [4.69, 9.17) is 16.3 Å². The fourth-order valence-corrected chi connectivity index (χ4v) is 3.88. The molecule has 1 amide bonds. The average molecular weight is 335 g/mol. The highest BCUT2D eigenvalue weighted by molar-refractivity contribution is 6.30. The summed E-state index contributed by atoms with van der Waals surface area (Å²) in [4.78, 5) is 14.2. The number of carbonyl (C=O) groups is 1. The first-order valence-corrected chi connectivity index (χ1v) is 8.98. The zero-order valence-corrected chi connectivity index (χ0v) is 14.0. The van der Waals surface area contributed by atoms with Crippen molar-refractivity contribution in [3.8, 4) is 0 Å². The number of hydrogen-bond acceptors (Lipinski definition) is 3. The monoisotopic (exact) mass is 334 g/mol. The first-order valence-electron chi connectivity index (χ1n) is 8.61. The molecule has 4 nitrogen and oxygen atoms in total. The molecule has 0 bridgehead atoms. The maximum atomic E-state index is 11.7. The normalized spacial score (nSPS) is 30.4. The lowest BCUT2D eigenvalue weighted by atomic mass is 9.89. The molecular formula is C18H23ClN2O2. The Morgan fingerprint density at radius 1 is 1.30 bits per heavy atom. The molecule has 1 aromatic rings. The van der Waals surface area contributed by atoms with Gasteiger partial charge in [-0.25, -0.2) is 0 Å². The summed E-state index contributed by atoms with van der Waals surface area (Å²) >= 11 is 6.06. The van der Waals surface area contributed by atoms with Gasteiger partial charge in [-0.3, -0.25) is 9.69 Å². The van der Waals surface area contributed by atoms with Gasteiger partial charge in [0, 0.05) is 36.6 Å². The minimum Gasteiger partial charge on any atom is -0.370 e. The van der Waals surface area contributed by atoms with E-state index in [0.29, 0.717) is 18.7 Å². The van der Waals surface area contributed by atoms with Gasteiger partial charge in [-0.2, -0.15) is 0 Å². The molecule has 3 aliphatic rings. The largest absolute Gasteiger partial charge is 0.370 e. The second-order valence-corrected chi connectivity index (χ2v) is 7.46. The number of benzene rings is 1. The van der Waals surface area contributed by atoms with Crippen molar-refractivity contribution >= 4 is 17.5 Å². The van der Waals surface area contributed by atoms with E-state index in [0.717, 1.165) is 43.8 Å². The molecule has 1 aromatic carbocycles. The lowest BCUT2D eigenvalue weighted by Gasteiger charge is -2.52. The molecule has 1 aliphatic carbocycles. The summed E-state index contributed by atoms with van der Waals surface area (Å²) in [7, 11) is 0. The Kier molecular flexibility index (Phi) is 4.31. The van der Waals surface area contributed by atoms with Gasteiger partial charge >= 0.3 is 0 Å². The smallest absolute Gasteiger partial charge is 0.223 e. The topological polar surface area (TPSA) is 41.6 Å².